The molecule has 280 valence electrons. The molecule has 0 aliphatic heterocycles. The third-order valence-electron chi connectivity index (χ3n) is 9.95. The zero-order chi connectivity index (χ0) is 35.2. The number of hydrogen-bond donors (Lipinski definition) is 0. The van der Waals surface area contributed by atoms with Crippen LogP contribution in [0.4, 0.5) is 4.79 Å². The van der Waals surface area contributed by atoms with Gasteiger partial charge in [-0.25, -0.2) is 0 Å². The van der Waals surface area contributed by atoms with Gasteiger partial charge in [0.1, 0.15) is 0 Å². The lowest BCUT2D eigenvalue weighted by molar-refractivity contribution is -0.888. The summed E-state index contributed by atoms with van der Waals surface area (Å²) in [5.41, 5.74) is 0. The van der Waals surface area contributed by atoms with Gasteiger partial charge in [-0.1, -0.05) is 168 Å². The summed E-state index contributed by atoms with van der Waals surface area (Å²) in [4.78, 5) is 8.33. The summed E-state index contributed by atoms with van der Waals surface area (Å²) in [7, 11) is 9.40. The Hall–Kier alpha value is -0.810. The number of carboxylic acid groups (broad SMARTS) is 2. The predicted octanol–water partition coefficient (Wildman–Crippen LogP) is 10.7. The first-order chi connectivity index (χ1) is 22.0. The molecule has 0 amide bonds. The van der Waals surface area contributed by atoms with E-state index in [9.17, 15) is 0 Å². The van der Waals surface area contributed by atoms with Crippen molar-refractivity contribution in [3.63, 3.8) is 0 Å². The molecule has 0 heterocycles. The molecule has 0 N–H and O–H groups in total. The second-order valence-electron chi connectivity index (χ2n) is 15.4. The molecule has 0 saturated heterocycles. The van der Waals surface area contributed by atoms with Crippen LogP contribution in [0.3, 0.4) is 0 Å². The van der Waals surface area contributed by atoms with Gasteiger partial charge in [0.15, 0.2) is 0 Å². The van der Waals surface area contributed by atoms with E-state index >= 15 is 0 Å². The Balaban J connectivity index is -0.000000719. The van der Waals surface area contributed by atoms with Gasteiger partial charge in [-0.15, -0.1) is 0 Å². The minimum atomic E-state index is -2.33. The molecule has 0 bridgehead atoms. The highest BCUT2D eigenvalue weighted by molar-refractivity contribution is 5.47. The molecule has 0 rings (SSSR count). The highest BCUT2D eigenvalue weighted by atomic mass is 16.6. The normalized spacial score (nSPS) is 11.5. The maximum atomic E-state index is 8.33. The number of rotatable bonds is 32. The van der Waals surface area contributed by atoms with Crippen LogP contribution in [0.1, 0.15) is 207 Å². The maximum absolute atomic E-state index is 8.33. The SMILES string of the molecule is CCCCCCCCCCCCCCCC[N+](C)(C)CC.CCCCCCCCCCCCCCCC[N+](C)(C)CC.O=C([O-])[O-]. The fourth-order valence-corrected chi connectivity index (χ4v) is 5.78. The zero-order valence-electron chi connectivity index (χ0n) is 33.2. The van der Waals surface area contributed by atoms with E-state index in [0.717, 1.165) is 0 Å². The van der Waals surface area contributed by atoms with Crippen molar-refractivity contribution >= 4 is 6.16 Å². The van der Waals surface area contributed by atoms with Crippen molar-refractivity contribution < 1.29 is 24.0 Å². The van der Waals surface area contributed by atoms with E-state index in [1.807, 2.05) is 0 Å². The molecule has 0 atom stereocenters. The minimum absolute atomic E-state index is 1.19. The van der Waals surface area contributed by atoms with E-state index in [1.165, 1.54) is 215 Å². The van der Waals surface area contributed by atoms with Gasteiger partial charge in [0.05, 0.1) is 54.4 Å². The summed E-state index contributed by atoms with van der Waals surface area (Å²) >= 11 is 0. The number of nitrogens with zero attached hydrogens (tertiary/aromatic N) is 2. The monoisotopic (exact) mass is 657 g/mol. The lowest BCUT2D eigenvalue weighted by Crippen LogP contribution is -2.39. The van der Waals surface area contributed by atoms with Crippen molar-refractivity contribution in [1.82, 2.24) is 0 Å². The number of carbonyl (C=O) groups is 1. The predicted molar refractivity (Wildman–Crippen MR) is 201 cm³/mol. The molecular formula is C41H88N2O3. The molecule has 46 heavy (non-hydrogen) atoms. The molecule has 0 aromatic carbocycles. The first-order valence-electron chi connectivity index (χ1n) is 20.5. The Morgan fingerprint density at radius 2 is 0.500 bits per heavy atom. The average Bonchev–Trinajstić information content (AvgIpc) is 3.01. The summed E-state index contributed by atoms with van der Waals surface area (Å²) in [6.45, 7) is 14.4. The van der Waals surface area contributed by atoms with Crippen LogP contribution in [0, 0.1) is 0 Å². The van der Waals surface area contributed by atoms with Crippen LogP contribution >= 0.6 is 0 Å². The first kappa shape index (κ1) is 49.6. The van der Waals surface area contributed by atoms with Crippen LogP contribution in [0.2, 0.25) is 0 Å². The molecule has 5 nitrogen and oxygen atoms in total. The number of quaternary nitrogens is 2. The molecule has 0 aliphatic carbocycles. The van der Waals surface area contributed by atoms with Gasteiger partial charge in [0, 0.05) is 0 Å². The Labute approximate surface area is 291 Å². The third kappa shape index (κ3) is 50.1. The van der Waals surface area contributed by atoms with Crippen molar-refractivity contribution in [3.05, 3.63) is 0 Å². The highest BCUT2D eigenvalue weighted by Gasteiger charge is 2.10. The van der Waals surface area contributed by atoms with Crippen molar-refractivity contribution in [2.45, 2.75) is 207 Å². The van der Waals surface area contributed by atoms with Crippen molar-refractivity contribution in [2.24, 2.45) is 0 Å². The van der Waals surface area contributed by atoms with Gasteiger partial charge in [0.2, 0.25) is 0 Å². The highest BCUT2D eigenvalue weighted by Crippen LogP contribution is 2.15. The standard InChI is InChI=1S/2C20H44N.CH2O3/c2*1-5-7-8-9-10-11-12-13-14-15-16-17-18-19-20-21(3,4)6-2;2-1(3)4/h2*5-20H2,1-4H3;(H2,2,3,4)/q2*+1;/p-2. The molecule has 0 unspecified atom stereocenters. The third-order valence-corrected chi connectivity index (χ3v) is 9.95. The molecular weight excluding hydrogens is 568 g/mol. The summed E-state index contributed by atoms with van der Waals surface area (Å²) in [6.07, 6.45) is 38.5. The largest absolute Gasteiger partial charge is 0.652 e. The van der Waals surface area contributed by atoms with E-state index < -0.39 is 6.16 Å². The van der Waals surface area contributed by atoms with Gasteiger partial charge >= 0.3 is 0 Å². The average molecular weight is 657 g/mol. The maximum Gasteiger partial charge on any atom is 0.0782 e. The van der Waals surface area contributed by atoms with Gasteiger partial charge < -0.3 is 24.0 Å². The Bertz CT molecular complexity index is 532. The van der Waals surface area contributed by atoms with Gasteiger partial charge in [-0.2, -0.15) is 0 Å². The summed E-state index contributed by atoms with van der Waals surface area (Å²) < 4.78 is 2.39. The molecule has 5 heteroatoms. The fourth-order valence-electron chi connectivity index (χ4n) is 5.78. The number of carbonyl (C=O) groups excluding carboxylic acids is 1. The number of hydrogen-bond acceptors (Lipinski definition) is 3. The van der Waals surface area contributed by atoms with Gasteiger partial charge in [0.25, 0.3) is 0 Å². The van der Waals surface area contributed by atoms with Crippen LogP contribution in [-0.4, -0.2) is 69.5 Å². The lowest BCUT2D eigenvalue weighted by atomic mass is 10.0. The van der Waals surface area contributed by atoms with Crippen molar-refractivity contribution in [2.75, 3.05) is 54.4 Å². The molecule has 0 aromatic rings. The molecule has 0 aromatic heterocycles. The van der Waals surface area contributed by atoms with Crippen molar-refractivity contribution in [3.8, 4) is 0 Å². The van der Waals surface area contributed by atoms with Crippen LogP contribution in [0.25, 0.3) is 0 Å². The van der Waals surface area contributed by atoms with Crippen LogP contribution in [0.15, 0.2) is 0 Å². The Morgan fingerprint density at radius 3 is 0.652 bits per heavy atom. The van der Waals surface area contributed by atoms with E-state index in [1.54, 1.807) is 0 Å². The molecule has 0 saturated carbocycles. The van der Waals surface area contributed by atoms with Gasteiger partial charge in [-0.3, -0.25) is 0 Å². The topological polar surface area (TPSA) is 63.2 Å². The molecule has 0 aliphatic rings. The lowest BCUT2D eigenvalue weighted by Gasteiger charge is -2.28. The van der Waals surface area contributed by atoms with Crippen LogP contribution in [0.5, 0.6) is 0 Å². The van der Waals surface area contributed by atoms with E-state index in [-0.39, 0.29) is 0 Å². The summed E-state index contributed by atoms with van der Waals surface area (Å²) in [5.74, 6) is 0. The van der Waals surface area contributed by atoms with Crippen molar-refractivity contribution in [1.29, 1.82) is 0 Å². The van der Waals surface area contributed by atoms with E-state index in [0.29, 0.717) is 0 Å². The molecule has 0 fully saturated rings. The number of unbranched alkanes of at least 4 members (excludes halogenated alkanes) is 26. The Kier molecular flexibility index (Phi) is 41.6. The molecule has 0 radical (unpaired) electrons. The fraction of sp³-hybridized carbons (Fsp3) is 0.976. The van der Waals surface area contributed by atoms with E-state index in [2.05, 4.69) is 55.9 Å². The van der Waals surface area contributed by atoms with Crippen LogP contribution in [-0.2, 0) is 0 Å². The minimum Gasteiger partial charge on any atom is -0.652 e. The molecule has 0 spiro atoms. The Morgan fingerprint density at radius 1 is 0.348 bits per heavy atom. The second kappa shape index (κ2) is 38.6. The summed E-state index contributed by atoms with van der Waals surface area (Å²) in [6, 6.07) is 0. The first-order valence-corrected chi connectivity index (χ1v) is 20.5. The quantitative estimate of drug-likeness (QED) is 0.0534. The zero-order valence-corrected chi connectivity index (χ0v) is 33.2. The van der Waals surface area contributed by atoms with Crippen LogP contribution < -0.4 is 10.2 Å². The second-order valence-corrected chi connectivity index (χ2v) is 15.4. The van der Waals surface area contributed by atoms with Gasteiger partial charge in [-0.05, 0) is 45.7 Å². The summed E-state index contributed by atoms with van der Waals surface area (Å²) in [5, 5.41) is 16.7. The van der Waals surface area contributed by atoms with E-state index in [4.69, 9.17) is 15.0 Å². The smallest absolute Gasteiger partial charge is 0.0782 e.